The van der Waals surface area contributed by atoms with Gasteiger partial charge in [-0.3, -0.25) is 42.9 Å². The third-order valence-electron chi connectivity index (χ3n) is 9.52. The van der Waals surface area contributed by atoms with Crippen LogP contribution in [-0.4, -0.2) is 169 Å². The standard InChI is InChI=1S/C40H62O21S.2Na.2H/c1-3-5-7-9-11-13-15-17-19-21-31(45)58-34(48)26-39(37(51)52,24-29(41)42)60-33(47)23-28(62(55,56)57)36(50)61-40(38(53)54,25-30(43)44)27-35(49)59-32(46)22-20-18-16-14-12-10-8-6-4-2;;;;/h28H,3-27H2,1-2H3,(H,41,42)(H,43,44)(H,51,52)(H,53,54)(H,55,56,57);;;;. The second kappa shape index (κ2) is 35.2. The quantitative estimate of drug-likeness (QED) is 0.0149. The van der Waals surface area contributed by atoms with Crippen molar-refractivity contribution in [3.63, 3.8) is 0 Å². The van der Waals surface area contributed by atoms with Crippen LogP contribution in [0.5, 0.6) is 0 Å². The van der Waals surface area contributed by atoms with Gasteiger partial charge in [-0.05, 0) is 12.8 Å². The molecule has 0 saturated heterocycles. The molecule has 0 spiro atoms. The number of hydrogen-bond acceptors (Lipinski definition) is 16. The van der Waals surface area contributed by atoms with E-state index in [0.717, 1.165) is 89.9 Å². The molecule has 0 aliphatic carbocycles. The first-order valence-electron chi connectivity index (χ1n) is 20.8. The Hall–Kier alpha value is -2.99. The predicted octanol–water partition coefficient (Wildman–Crippen LogP) is 3.78. The first-order valence-corrected chi connectivity index (χ1v) is 22.3. The van der Waals surface area contributed by atoms with E-state index < -0.39 is 118 Å². The Bertz CT molecular complexity index is 1650. The molecule has 64 heavy (non-hydrogen) atoms. The number of carboxylic acids is 4. The van der Waals surface area contributed by atoms with Crippen LogP contribution in [0.4, 0.5) is 0 Å². The first kappa shape index (κ1) is 65.3. The summed E-state index contributed by atoms with van der Waals surface area (Å²) >= 11 is 0. The Morgan fingerprint density at radius 1 is 0.453 bits per heavy atom. The maximum absolute atomic E-state index is 13.1. The van der Waals surface area contributed by atoms with Gasteiger partial charge in [-0.2, -0.15) is 8.42 Å². The van der Waals surface area contributed by atoms with Crippen molar-refractivity contribution in [1.29, 1.82) is 0 Å². The Kier molecular flexibility index (Phi) is 35.9. The van der Waals surface area contributed by atoms with Gasteiger partial charge in [0.1, 0.15) is 0 Å². The van der Waals surface area contributed by atoms with Gasteiger partial charge in [0, 0.05) is 12.8 Å². The van der Waals surface area contributed by atoms with Crippen molar-refractivity contribution in [2.24, 2.45) is 0 Å². The number of unbranched alkanes of at least 4 members (excludes halogenated alkanes) is 16. The second-order valence-electron chi connectivity index (χ2n) is 15.0. The first-order chi connectivity index (χ1) is 29.0. The molecule has 0 aromatic rings. The maximum atomic E-state index is 13.1. The van der Waals surface area contributed by atoms with Crippen LogP contribution in [0.15, 0.2) is 0 Å². The van der Waals surface area contributed by atoms with Crippen LogP contribution >= 0.6 is 0 Å². The van der Waals surface area contributed by atoms with E-state index in [9.17, 15) is 81.3 Å². The van der Waals surface area contributed by atoms with Crippen LogP contribution in [0, 0.1) is 0 Å². The third kappa shape index (κ3) is 28.8. The van der Waals surface area contributed by atoms with Crippen molar-refractivity contribution in [3.05, 3.63) is 0 Å². The molecule has 21 nitrogen and oxygen atoms in total. The van der Waals surface area contributed by atoms with E-state index in [1.807, 2.05) is 0 Å². The van der Waals surface area contributed by atoms with Crippen LogP contribution in [0.25, 0.3) is 0 Å². The van der Waals surface area contributed by atoms with E-state index in [1.165, 1.54) is 0 Å². The van der Waals surface area contributed by atoms with E-state index in [4.69, 9.17) is 0 Å². The number of carbonyl (C=O) groups is 10. The number of aliphatic carboxylic acids is 4. The Balaban J connectivity index is -0.0000186. The van der Waals surface area contributed by atoms with Crippen molar-refractivity contribution >= 4 is 129 Å². The molecular weight excluding hydrogens is 894 g/mol. The number of ether oxygens (including phenoxy) is 4. The van der Waals surface area contributed by atoms with E-state index in [0.29, 0.717) is 12.8 Å². The summed E-state index contributed by atoms with van der Waals surface area (Å²) in [4.78, 5) is 124. The molecule has 24 heteroatoms. The summed E-state index contributed by atoms with van der Waals surface area (Å²) in [7, 11) is -5.90. The summed E-state index contributed by atoms with van der Waals surface area (Å²) in [6.45, 7) is 4.18. The fourth-order valence-corrected chi connectivity index (χ4v) is 6.82. The Morgan fingerprint density at radius 3 is 1.06 bits per heavy atom. The minimum absolute atomic E-state index is 0. The molecule has 0 rings (SSSR count). The minimum atomic E-state index is -5.90. The van der Waals surface area contributed by atoms with Gasteiger partial charge in [-0.25, -0.2) is 9.59 Å². The van der Waals surface area contributed by atoms with Crippen LogP contribution in [0.3, 0.4) is 0 Å². The molecular formula is C40H64Na2O21S. The van der Waals surface area contributed by atoms with Gasteiger partial charge < -0.3 is 39.4 Å². The number of carbonyl (C=O) groups excluding carboxylic acids is 6. The molecule has 3 atom stereocenters. The summed E-state index contributed by atoms with van der Waals surface area (Å²) in [6.07, 6.45) is 6.54. The summed E-state index contributed by atoms with van der Waals surface area (Å²) in [6, 6.07) is 0. The van der Waals surface area contributed by atoms with Crippen LogP contribution < -0.4 is 0 Å². The molecule has 0 radical (unpaired) electrons. The average molecular weight is 959 g/mol. The van der Waals surface area contributed by atoms with Gasteiger partial charge in [0.25, 0.3) is 10.1 Å². The fourth-order valence-electron chi connectivity index (χ4n) is 6.18. The van der Waals surface area contributed by atoms with Crippen molar-refractivity contribution in [3.8, 4) is 0 Å². The molecule has 0 bridgehead atoms. The zero-order chi connectivity index (χ0) is 47.4. The number of rotatable bonds is 36. The molecule has 0 saturated carbocycles. The van der Waals surface area contributed by atoms with Crippen molar-refractivity contribution in [2.75, 3.05) is 0 Å². The van der Waals surface area contributed by atoms with Crippen LogP contribution in [-0.2, 0) is 77.0 Å². The fraction of sp³-hybridized carbons (Fsp3) is 0.750. The van der Waals surface area contributed by atoms with E-state index in [1.54, 1.807) is 0 Å². The summed E-state index contributed by atoms with van der Waals surface area (Å²) in [5.74, 6) is -18.9. The van der Waals surface area contributed by atoms with Crippen molar-refractivity contribution in [1.82, 2.24) is 0 Å². The monoisotopic (exact) mass is 958 g/mol. The topological polar surface area (TPSA) is 343 Å². The second-order valence-corrected chi connectivity index (χ2v) is 16.6. The molecule has 0 aromatic heterocycles. The molecule has 0 aliphatic heterocycles. The number of carboxylic acid groups (broad SMARTS) is 4. The molecule has 0 amide bonds. The molecule has 0 aliphatic rings. The third-order valence-corrected chi connectivity index (χ3v) is 10.6. The van der Waals surface area contributed by atoms with Crippen LogP contribution in [0.1, 0.15) is 174 Å². The predicted molar refractivity (Wildman–Crippen MR) is 227 cm³/mol. The summed E-state index contributed by atoms with van der Waals surface area (Å²) in [5, 5.41) is 35.3. The van der Waals surface area contributed by atoms with Gasteiger partial charge in [0.05, 0.1) is 32.1 Å². The van der Waals surface area contributed by atoms with Gasteiger partial charge >= 0.3 is 119 Å². The van der Waals surface area contributed by atoms with E-state index in [2.05, 4.69) is 32.8 Å². The molecule has 5 N–H and O–H groups in total. The Morgan fingerprint density at radius 2 is 0.766 bits per heavy atom. The molecule has 0 fully saturated rings. The van der Waals surface area contributed by atoms with Gasteiger partial charge in [-0.15, -0.1) is 0 Å². The van der Waals surface area contributed by atoms with Gasteiger partial charge in [0.2, 0.25) is 11.2 Å². The zero-order valence-corrected chi connectivity index (χ0v) is 36.2. The molecule has 0 heterocycles. The molecule has 358 valence electrons. The molecule has 0 aromatic carbocycles. The van der Waals surface area contributed by atoms with Gasteiger partial charge in [0.15, 0.2) is 5.25 Å². The van der Waals surface area contributed by atoms with E-state index in [-0.39, 0.29) is 84.8 Å². The van der Waals surface area contributed by atoms with Crippen molar-refractivity contribution < 1.29 is 100 Å². The van der Waals surface area contributed by atoms with Gasteiger partial charge in [-0.1, -0.05) is 117 Å². The average Bonchev–Trinajstić information content (AvgIpc) is 3.14. The Labute approximate surface area is 417 Å². The zero-order valence-electron chi connectivity index (χ0n) is 35.4. The van der Waals surface area contributed by atoms with E-state index >= 15 is 0 Å². The summed E-state index contributed by atoms with van der Waals surface area (Å²) < 4.78 is 52.8. The number of esters is 6. The number of hydrogen-bond donors (Lipinski definition) is 5. The normalized spacial score (nSPS) is 13.2. The summed E-state index contributed by atoms with van der Waals surface area (Å²) in [5.41, 5.74) is -6.94. The molecule has 3 unspecified atom stereocenters. The van der Waals surface area contributed by atoms with Crippen LogP contribution in [0.2, 0.25) is 0 Å². The van der Waals surface area contributed by atoms with Crippen molar-refractivity contribution in [2.45, 2.75) is 191 Å². The SMILES string of the molecule is CCCCCCCCCCCC(=O)OC(=O)CC(CC(=O)O)(OC(=O)CC(C(=O)OC(CC(=O)O)(CC(=O)OC(=O)CCCCCCCCCCC)C(=O)O)S(=O)(=O)O)C(=O)O.[NaH].[NaH].